The molecule has 0 saturated heterocycles. The second-order valence-electron chi connectivity index (χ2n) is 5.76. The van der Waals surface area contributed by atoms with Gasteiger partial charge in [-0.05, 0) is 35.9 Å². The lowest BCUT2D eigenvalue weighted by Gasteiger charge is -2.09. The van der Waals surface area contributed by atoms with E-state index in [1.165, 1.54) is 28.8 Å². The first kappa shape index (κ1) is 19.1. The van der Waals surface area contributed by atoms with Gasteiger partial charge >= 0.3 is 6.18 Å². The number of hydrogen-bond donors (Lipinski definition) is 2. The summed E-state index contributed by atoms with van der Waals surface area (Å²) in [6.45, 7) is 0.226. The van der Waals surface area contributed by atoms with Gasteiger partial charge in [-0.1, -0.05) is 18.2 Å². The van der Waals surface area contributed by atoms with Crippen LogP contribution in [0.4, 0.5) is 13.2 Å². The Morgan fingerprint density at radius 3 is 2.30 bits per heavy atom. The van der Waals surface area contributed by atoms with Gasteiger partial charge in [0.25, 0.3) is 0 Å². The lowest BCUT2D eigenvalue weighted by molar-refractivity contribution is -0.140. The summed E-state index contributed by atoms with van der Waals surface area (Å²) in [5.41, 5.74) is 6.03. The van der Waals surface area contributed by atoms with Crippen LogP contribution in [0.15, 0.2) is 59.6 Å². The van der Waals surface area contributed by atoms with Crippen molar-refractivity contribution in [2.24, 2.45) is 10.9 Å². The van der Waals surface area contributed by atoms with Crippen LogP contribution < -0.4 is 10.9 Å². The van der Waals surface area contributed by atoms with Crippen molar-refractivity contribution in [2.75, 3.05) is 0 Å². The van der Waals surface area contributed by atoms with Crippen molar-refractivity contribution in [3.63, 3.8) is 0 Å². The van der Waals surface area contributed by atoms with Gasteiger partial charge in [0.05, 0.1) is 4.90 Å². The number of aromatic nitrogens is 2. The lowest BCUT2D eigenvalue weighted by atomic mass is 10.1. The van der Waals surface area contributed by atoms with Gasteiger partial charge in [0, 0.05) is 24.0 Å². The fourth-order valence-corrected chi connectivity index (χ4v) is 3.07. The predicted octanol–water partition coefficient (Wildman–Crippen LogP) is 2.66. The van der Waals surface area contributed by atoms with Gasteiger partial charge in [0.2, 0.25) is 10.0 Å². The number of alkyl halides is 3. The van der Waals surface area contributed by atoms with Crippen LogP contribution in [0, 0.1) is 0 Å². The molecule has 0 bridgehead atoms. The van der Waals surface area contributed by atoms with Crippen LogP contribution in [0.1, 0.15) is 11.3 Å². The Kier molecular flexibility index (Phi) is 4.81. The number of halogens is 3. The van der Waals surface area contributed by atoms with E-state index >= 15 is 0 Å². The second-order valence-corrected chi connectivity index (χ2v) is 7.32. The largest absolute Gasteiger partial charge is 0.434 e. The zero-order chi connectivity index (χ0) is 19.8. The minimum absolute atomic E-state index is 0.0565. The maximum atomic E-state index is 13.2. The first-order chi connectivity index (χ1) is 12.6. The quantitative estimate of drug-likeness (QED) is 0.707. The third kappa shape index (κ3) is 4.02. The molecule has 0 aliphatic rings. The Labute approximate surface area is 153 Å². The molecule has 0 unspecified atom stereocenters. The SMILES string of the molecule is NCc1cccc(-c2nc(C(F)(F)F)cn2-c2ccc(S(N)(=O)=O)cc2)c1. The summed E-state index contributed by atoms with van der Waals surface area (Å²) in [7, 11) is -3.91. The van der Waals surface area contributed by atoms with Crippen molar-refractivity contribution in [2.45, 2.75) is 17.6 Å². The summed E-state index contributed by atoms with van der Waals surface area (Å²) in [6.07, 6.45) is -3.78. The van der Waals surface area contributed by atoms with E-state index in [0.29, 0.717) is 11.3 Å². The van der Waals surface area contributed by atoms with Crippen molar-refractivity contribution in [3.8, 4) is 17.1 Å². The third-order valence-electron chi connectivity index (χ3n) is 3.86. The molecule has 2 aromatic carbocycles. The maximum Gasteiger partial charge on any atom is 0.434 e. The van der Waals surface area contributed by atoms with E-state index in [4.69, 9.17) is 10.9 Å². The van der Waals surface area contributed by atoms with E-state index in [9.17, 15) is 21.6 Å². The van der Waals surface area contributed by atoms with E-state index in [-0.39, 0.29) is 17.3 Å². The van der Waals surface area contributed by atoms with Crippen molar-refractivity contribution in [1.82, 2.24) is 9.55 Å². The predicted molar refractivity (Wildman–Crippen MR) is 93.3 cm³/mol. The van der Waals surface area contributed by atoms with E-state index in [1.807, 2.05) is 0 Å². The molecule has 0 aliphatic carbocycles. The van der Waals surface area contributed by atoms with Gasteiger partial charge < -0.3 is 5.73 Å². The Morgan fingerprint density at radius 2 is 1.74 bits per heavy atom. The van der Waals surface area contributed by atoms with Crippen LogP contribution in [-0.4, -0.2) is 18.0 Å². The Bertz CT molecular complexity index is 1070. The molecule has 3 aromatic rings. The van der Waals surface area contributed by atoms with Crippen molar-refractivity contribution in [1.29, 1.82) is 0 Å². The summed E-state index contributed by atoms with van der Waals surface area (Å²) in [5.74, 6) is 0.0565. The molecule has 6 nitrogen and oxygen atoms in total. The molecule has 0 atom stereocenters. The van der Waals surface area contributed by atoms with Crippen LogP contribution in [0.2, 0.25) is 0 Å². The third-order valence-corrected chi connectivity index (χ3v) is 4.79. The van der Waals surface area contributed by atoms with E-state index in [2.05, 4.69) is 4.98 Å². The van der Waals surface area contributed by atoms with Crippen LogP contribution in [0.3, 0.4) is 0 Å². The molecular formula is C17H15F3N4O2S. The summed E-state index contributed by atoms with van der Waals surface area (Å²) >= 11 is 0. The minimum atomic E-state index is -4.63. The highest BCUT2D eigenvalue weighted by Crippen LogP contribution is 2.33. The number of imidazole rings is 1. The van der Waals surface area contributed by atoms with Crippen LogP contribution >= 0.6 is 0 Å². The van der Waals surface area contributed by atoms with Gasteiger partial charge in [-0.15, -0.1) is 0 Å². The molecule has 0 amide bonds. The summed E-state index contributed by atoms with van der Waals surface area (Å²) in [5, 5.41) is 5.05. The van der Waals surface area contributed by atoms with Gasteiger partial charge in [0.15, 0.2) is 5.69 Å². The standard InChI is InChI=1S/C17H15F3N4O2S/c18-17(19,20)15-10-24(13-4-6-14(7-5-13)27(22,25)26)16(23-15)12-3-1-2-11(8-12)9-21/h1-8,10H,9,21H2,(H2,22,25,26). The zero-order valence-corrected chi connectivity index (χ0v) is 14.6. The number of nitrogens with zero attached hydrogens (tertiary/aromatic N) is 2. The number of rotatable bonds is 4. The van der Waals surface area contributed by atoms with Crippen LogP contribution in [-0.2, 0) is 22.7 Å². The Balaban J connectivity index is 2.17. The number of sulfonamides is 1. The lowest BCUT2D eigenvalue weighted by Crippen LogP contribution is -2.12. The number of primary sulfonamides is 1. The van der Waals surface area contributed by atoms with E-state index < -0.39 is 21.9 Å². The smallest absolute Gasteiger partial charge is 0.326 e. The van der Waals surface area contributed by atoms with Crippen molar-refractivity contribution >= 4 is 10.0 Å². The fourth-order valence-electron chi connectivity index (χ4n) is 2.55. The molecule has 0 aliphatic heterocycles. The average molecular weight is 396 g/mol. The molecule has 0 radical (unpaired) electrons. The first-order valence-electron chi connectivity index (χ1n) is 7.69. The topological polar surface area (TPSA) is 104 Å². The van der Waals surface area contributed by atoms with E-state index in [1.54, 1.807) is 24.3 Å². The van der Waals surface area contributed by atoms with Crippen LogP contribution in [0.25, 0.3) is 17.1 Å². The molecule has 4 N–H and O–H groups in total. The van der Waals surface area contributed by atoms with Gasteiger partial charge in [0.1, 0.15) is 5.82 Å². The molecule has 10 heteroatoms. The summed E-state index contributed by atoms with van der Waals surface area (Å²) in [6, 6.07) is 11.9. The Hall–Kier alpha value is -2.69. The molecule has 0 saturated carbocycles. The molecule has 0 spiro atoms. The average Bonchev–Trinajstić information content (AvgIpc) is 3.07. The zero-order valence-electron chi connectivity index (χ0n) is 13.8. The van der Waals surface area contributed by atoms with Crippen molar-refractivity contribution in [3.05, 3.63) is 66.0 Å². The summed E-state index contributed by atoms with van der Waals surface area (Å²) in [4.78, 5) is 3.58. The fraction of sp³-hybridized carbons (Fsp3) is 0.118. The van der Waals surface area contributed by atoms with Crippen molar-refractivity contribution < 1.29 is 21.6 Å². The van der Waals surface area contributed by atoms with Crippen LogP contribution in [0.5, 0.6) is 0 Å². The number of benzene rings is 2. The molecule has 3 rings (SSSR count). The first-order valence-corrected chi connectivity index (χ1v) is 9.23. The highest BCUT2D eigenvalue weighted by atomic mass is 32.2. The molecule has 1 aromatic heterocycles. The highest BCUT2D eigenvalue weighted by Gasteiger charge is 2.35. The molecule has 0 fully saturated rings. The number of hydrogen-bond acceptors (Lipinski definition) is 4. The molecule has 142 valence electrons. The van der Waals surface area contributed by atoms with Gasteiger partial charge in [-0.25, -0.2) is 18.5 Å². The Morgan fingerprint density at radius 1 is 1.07 bits per heavy atom. The monoisotopic (exact) mass is 396 g/mol. The molecule has 1 heterocycles. The number of nitrogens with two attached hydrogens (primary N) is 2. The molecular weight excluding hydrogens is 381 g/mol. The molecule has 27 heavy (non-hydrogen) atoms. The summed E-state index contributed by atoms with van der Waals surface area (Å²) < 4.78 is 63.5. The van der Waals surface area contributed by atoms with Gasteiger partial charge in [-0.3, -0.25) is 4.57 Å². The maximum absolute atomic E-state index is 13.2. The normalized spacial score (nSPS) is 12.3. The highest BCUT2D eigenvalue weighted by molar-refractivity contribution is 7.89. The second kappa shape index (κ2) is 6.80. The minimum Gasteiger partial charge on any atom is -0.326 e. The van der Waals surface area contributed by atoms with Gasteiger partial charge in [-0.2, -0.15) is 13.2 Å². The van der Waals surface area contributed by atoms with E-state index in [0.717, 1.165) is 11.8 Å².